The molecule has 1 saturated heterocycles. The quantitative estimate of drug-likeness (QED) is 0.831. The number of aromatic nitrogens is 1. The van der Waals surface area contributed by atoms with E-state index in [1.165, 1.54) is 11.1 Å². The molecular weight excluding hydrogens is 352 g/mol. The molecule has 3 heterocycles. The second kappa shape index (κ2) is 9.17. The summed E-state index contributed by atoms with van der Waals surface area (Å²) in [7, 11) is 0. The lowest BCUT2D eigenvalue weighted by Gasteiger charge is -2.31. The Bertz CT molecular complexity index is 805. The Kier molecular flexibility index (Phi) is 6.19. The van der Waals surface area contributed by atoms with Crippen molar-refractivity contribution in [3.63, 3.8) is 0 Å². The molecule has 6 heteroatoms. The highest BCUT2D eigenvalue weighted by atomic mass is 16.5. The third-order valence-electron chi connectivity index (χ3n) is 5.53. The van der Waals surface area contributed by atoms with Gasteiger partial charge in [-0.3, -0.25) is 9.69 Å². The highest BCUT2D eigenvalue weighted by molar-refractivity contribution is 5.76. The van der Waals surface area contributed by atoms with Crippen LogP contribution in [0.25, 0.3) is 0 Å². The number of rotatable bonds is 6. The average molecular weight is 380 g/mol. The molecule has 1 amide bonds. The predicted octanol–water partition coefficient (Wildman–Crippen LogP) is 1.98. The summed E-state index contributed by atoms with van der Waals surface area (Å²) in [6.45, 7) is 6.48. The maximum atomic E-state index is 12.3. The van der Waals surface area contributed by atoms with E-state index in [1.807, 2.05) is 12.3 Å². The zero-order valence-electron chi connectivity index (χ0n) is 16.3. The summed E-state index contributed by atoms with van der Waals surface area (Å²) in [5.74, 6) is 1.07. The van der Waals surface area contributed by atoms with E-state index in [2.05, 4.69) is 50.4 Å². The summed E-state index contributed by atoms with van der Waals surface area (Å²) < 4.78 is 5.35. The lowest BCUT2D eigenvalue weighted by atomic mass is 9.99. The lowest BCUT2D eigenvalue weighted by Crippen LogP contribution is -2.38. The number of hydrogen-bond donors (Lipinski definition) is 1. The first-order chi connectivity index (χ1) is 13.8. The number of morpholine rings is 1. The van der Waals surface area contributed by atoms with Gasteiger partial charge in [-0.1, -0.05) is 30.3 Å². The lowest BCUT2D eigenvalue weighted by molar-refractivity contribution is -0.121. The highest BCUT2D eigenvalue weighted by Crippen LogP contribution is 2.25. The number of pyridine rings is 1. The van der Waals surface area contributed by atoms with Gasteiger partial charge in [0.2, 0.25) is 5.91 Å². The van der Waals surface area contributed by atoms with Gasteiger partial charge >= 0.3 is 0 Å². The van der Waals surface area contributed by atoms with Crippen molar-refractivity contribution >= 4 is 11.7 Å². The van der Waals surface area contributed by atoms with Crippen molar-refractivity contribution in [2.24, 2.45) is 0 Å². The van der Waals surface area contributed by atoms with Crippen LogP contribution in [0.5, 0.6) is 0 Å². The Morgan fingerprint density at radius 3 is 2.75 bits per heavy atom. The Balaban J connectivity index is 1.34. The molecule has 0 atom stereocenters. The molecule has 28 heavy (non-hydrogen) atoms. The molecule has 1 aromatic heterocycles. The van der Waals surface area contributed by atoms with E-state index in [0.29, 0.717) is 13.0 Å². The Morgan fingerprint density at radius 1 is 1.07 bits per heavy atom. The van der Waals surface area contributed by atoms with Crippen molar-refractivity contribution in [1.82, 2.24) is 15.2 Å². The fourth-order valence-electron chi connectivity index (χ4n) is 3.90. The smallest absolute Gasteiger partial charge is 0.221 e. The second-order valence-electron chi connectivity index (χ2n) is 7.41. The summed E-state index contributed by atoms with van der Waals surface area (Å²) in [4.78, 5) is 21.5. The van der Waals surface area contributed by atoms with E-state index in [1.54, 1.807) is 0 Å². The van der Waals surface area contributed by atoms with Crippen LogP contribution in [0.2, 0.25) is 0 Å². The molecule has 6 nitrogen and oxygen atoms in total. The predicted molar refractivity (Wildman–Crippen MR) is 109 cm³/mol. The van der Waals surface area contributed by atoms with Crippen LogP contribution in [0.3, 0.4) is 0 Å². The van der Waals surface area contributed by atoms with E-state index < -0.39 is 0 Å². The number of anilines is 1. The Labute approximate surface area is 166 Å². The Morgan fingerprint density at radius 2 is 1.89 bits per heavy atom. The normalized spacial score (nSPS) is 17.2. The molecule has 2 aromatic rings. The van der Waals surface area contributed by atoms with Gasteiger partial charge in [0.25, 0.3) is 0 Å². The van der Waals surface area contributed by atoms with Crippen molar-refractivity contribution in [1.29, 1.82) is 0 Å². The standard InChI is InChI=1S/C22H28N4O2/c27-21(8-10-25-12-14-28-15-13-25)24-16-19-6-3-9-23-22(19)26-11-7-18-4-1-2-5-20(18)17-26/h1-6,9H,7-8,10-17H2,(H,24,27). The highest BCUT2D eigenvalue weighted by Gasteiger charge is 2.19. The molecule has 1 N–H and O–H groups in total. The van der Waals surface area contributed by atoms with Crippen LogP contribution >= 0.6 is 0 Å². The maximum absolute atomic E-state index is 12.3. The second-order valence-corrected chi connectivity index (χ2v) is 7.41. The Hall–Kier alpha value is -2.44. The van der Waals surface area contributed by atoms with Gasteiger partial charge in [-0.15, -0.1) is 0 Å². The number of fused-ring (bicyclic) bond motifs is 1. The number of nitrogens with one attached hydrogen (secondary N) is 1. The number of amides is 1. The van der Waals surface area contributed by atoms with E-state index in [4.69, 9.17) is 4.74 Å². The van der Waals surface area contributed by atoms with Crippen LogP contribution in [0, 0.1) is 0 Å². The topological polar surface area (TPSA) is 57.7 Å². The maximum Gasteiger partial charge on any atom is 0.221 e. The van der Waals surface area contributed by atoms with Gasteiger partial charge in [-0.25, -0.2) is 4.98 Å². The molecule has 1 aromatic carbocycles. The summed E-state index contributed by atoms with van der Waals surface area (Å²) in [6.07, 6.45) is 3.38. The van der Waals surface area contributed by atoms with Crippen LogP contribution in [-0.4, -0.2) is 55.2 Å². The molecule has 148 valence electrons. The minimum atomic E-state index is 0.0882. The van der Waals surface area contributed by atoms with Gasteiger partial charge in [0, 0.05) is 57.4 Å². The van der Waals surface area contributed by atoms with E-state index in [9.17, 15) is 4.79 Å². The number of carbonyl (C=O) groups excluding carboxylic acids is 1. The number of hydrogen-bond acceptors (Lipinski definition) is 5. The monoisotopic (exact) mass is 380 g/mol. The average Bonchev–Trinajstić information content (AvgIpc) is 2.77. The summed E-state index contributed by atoms with van der Waals surface area (Å²) >= 11 is 0. The summed E-state index contributed by atoms with van der Waals surface area (Å²) in [5.41, 5.74) is 3.86. The van der Waals surface area contributed by atoms with Crippen LogP contribution in [0.15, 0.2) is 42.6 Å². The largest absolute Gasteiger partial charge is 0.379 e. The van der Waals surface area contributed by atoms with E-state index in [0.717, 1.165) is 63.7 Å². The third-order valence-corrected chi connectivity index (χ3v) is 5.53. The molecule has 0 spiro atoms. The van der Waals surface area contributed by atoms with E-state index in [-0.39, 0.29) is 5.91 Å². The first-order valence-electron chi connectivity index (χ1n) is 10.1. The minimum absolute atomic E-state index is 0.0882. The molecule has 0 bridgehead atoms. The van der Waals surface area contributed by atoms with Crippen molar-refractivity contribution in [2.75, 3.05) is 44.3 Å². The first-order valence-corrected chi connectivity index (χ1v) is 10.1. The molecule has 0 unspecified atom stereocenters. The molecule has 1 fully saturated rings. The van der Waals surface area contributed by atoms with Crippen molar-refractivity contribution in [3.05, 3.63) is 59.3 Å². The fourth-order valence-corrected chi connectivity index (χ4v) is 3.90. The minimum Gasteiger partial charge on any atom is -0.379 e. The number of ether oxygens (including phenoxy) is 1. The zero-order valence-corrected chi connectivity index (χ0v) is 16.3. The molecule has 2 aliphatic heterocycles. The van der Waals surface area contributed by atoms with Gasteiger partial charge in [0.15, 0.2) is 0 Å². The van der Waals surface area contributed by atoms with Gasteiger partial charge in [-0.2, -0.15) is 0 Å². The molecule has 0 saturated carbocycles. The van der Waals surface area contributed by atoms with Crippen LogP contribution < -0.4 is 10.2 Å². The SMILES string of the molecule is O=C(CCN1CCOCC1)NCc1cccnc1N1CCc2ccccc2C1. The van der Waals surface area contributed by atoms with Crippen LogP contribution in [0.4, 0.5) is 5.82 Å². The van der Waals surface area contributed by atoms with Crippen molar-refractivity contribution in [3.8, 4) is 0 Å². The zero-order chi connectivity index (χ0) is 19.2. The number of carbonyl (C=O) groups is 1. The molecule has 0 aliphatic carbocycles. The van der Waals surface area contributed by atoms with Crippen LogP contribution in [-0.2, 0) is 29.0 Å². The van der Waals surface area contributed by atoms with Gasteiger partial charge in [-0.05, 0) is 23.6 Å². The third kappa shape index (κ3) is 4.69. The van der Waals surface area contributed by atoms with Crippen molar-refractivity contribution in [2.45, 2.75) is 25.9 Å². The number of nitrogens with zero attached hydrogens (tertiary/aromatic N) is 3. The molecule has 4 rings (SSSR count). The number of benzene rings is 1. The first kappa shape index (κ1) is 18.9. The fraction of sp³-hybridized carbons (Fsp3) is 0.455. The molecular formula is C22H28N4O2. The van der Waals surface area contributed by atoms with Gasteiger partial charge in [0.05, 0.1) is 13.2 Å². The van der Waals surface area contributed by atoms with Gasteiger partial charge < -0.3 is 15.0 Å². The van der Waals surface area contributed by atoms with E-state index >= 15 is 0 Å². The van der Waals surface area contributed by atoms with Crippen LogP contribution in [0.1, 0.15) is 23.1 Å². The summed E-state index contributed by atoms with van der Waals surface area (Å²) in [5, 5.41) is 3.07. The summed E-state index contributed by atoms with van der Waals surface area (Å²) in [6, 6.07) is 12.6. The molecule has 2 aliphatic rings. The van der Waals surface area contributed by atoms with Gasteiger partial charge in [0.1, 0.15) is 5.82 Å². The molecule has 0 radical (unpaired) electrons. The van der Waals surface area contributed by atoms with Crippen molar-refractivity contribution < 1.29 is 9.53 Å².